The van der Waals surface area contributed by atoms with Gasteiger partial charge in [-0.25, -0.2) is 4.98 Å². The van der Waals surface area contributed by atoms with Crippen LogP contribution in [0.2, 0.25) is 5.02 Å². The predicted molar refractivity (Wildman–Crippen MR) is 80.7 cm³/mol. The largest absolute Gasteiger partial charge is 0.330 e. The van der Waals surface area contributed by atoms with Crippen LogP contribution in [-0.2, 0) is 4.79 Å². The van der Waals surface area contributed by atoms with E-state index in [2.05, 4.69) is 10.3 Å². The van der Waals surface area contributed by atoms with E-state index in [4.69, 9.17) is 17.3 Å². The second-order valence-corrected chi connectivity index (χ2v) is 5.74. The number of benzene rings is 1. The van der Waals surface area contributed by atoms with Gasteiger partial charge in [-0.1, -0.05) is 18.5 Å². The number of anilines is 1. The monoisotopic (exact) mass is 297 g/mol. The molecule has 0 saturated heterocycles. The smallest absolute Gasteiger partial charge is 0.227 e. The SMILES string of the molecule is CC(CCCN)C(=O)Nc1c(Cl)ccc2scnc12. The van der Waals surface area contributed by atoms with Gasteiger partial charge in [0.15, 0.2) is 0 Å². The van der Waals surface area contributed by atoms with Crippen LogP contribution < -0.4 is 11.1 Å². The lowest BCUT2D eigenvalue weighted by molar-refractivity contribution is -0.119. The molecule has 0 saturated carbocycles. The number of nitrogens with zero attached hydrogens (tertiary/aromatic N) is 1. The molecule has 1 heterocycles. The lowest BCUT2D eigenvalue weighted by Gasteiger charge is -2.13. The van der Waals surface area contributed by atoms with Crippen LogP contribution in [0.1, 0.15) is 19.8 Å². The molecule has 0 radical (unpaired) electrons. The zero-order chi connectivity index (χ0) is 13.8. The van der Waals surface area contributed by atoms with Crippen molar-refractivity contribution in [3.05, 3.63) is 22.7 Å². The molecule has 0 aliphatic heterocycles. The number of hydrogen-bond donors (Lipinski definition) is 2. The van der Waals surface area contributed by atoms with E-state index in [1.54, 1.807) is 11.6 Å². The van der Waals surface area contributed by atoms with Crippen LogP contribution in [0.15, 0.2) is 17.6 Å². The number of carbonyl (C=O) groups is 1. The Labute approximate surface area is 121 Å². The maximum atomic E-state index is 12.1. The summed E-state index contributed by atoms with van der Waals surface area (Å²) < 4.78 is 1.01. The second kappa shape index (κ2) is 6.32. The molecule has 2 aromatic rings. The van der Waals surface area contributed by atoms with Crippen LogP contribution in [-0.4, -0.2) is 17.4 Å². The molecule has 0 spiro atoms. The van der Waals surface area contributed by atoms with Gasteiger partial charge < -0.3 is 11.1 Å². The highest BCUT2D eigenvalue weighted by Crippen LogP contribution is 2.32. The zero-order valence-corrected chi connectivity index (χ0v) is 12.2. The van der Waals surface area contributed by atoms with Crippen LogP contribution in [0.5, 0.6) is 0 Å². The third-order valence-electron chi connectivity index (χ3n) is 2.99. The van der Waals surface area contributed by atoms with Crippen molar-refractivity contribution in [1.82, 2.24) is 4.98 Å². The molecular formula is C13H16ClN3OS. The van der Waals surface area contributed by atoms with Crippen molar-refractivity contribution in [2.24, 2.45) is 11.7 Å². The number of nitrogens with one attached hydrogen (secondary N) is 1. The quantitative estimate of drug-likeness (QED) is 0.890. The molecule has 1 atom stereocenters. The lowest BCUT2D eigenvalue weighted by atomic mass is 10.0. The summed E-state index contributed by atoms with van der Waals surface area (Å²) in [4.78, 5) is 16.4. The van der Waals surface area contributed by atoms with Gasteiger partial charge in [0.25, 0.3) is 0 Å². The van der Waals surface area contributed by atoms with Crippen molar-refractivity contribution in [3.63, 3.8) is 0 Å². The van der Waals surface area contributed by atoms with Crippen LogP contribution in [0.4, 0.5) is 5.69 Å². The molecule has 102 valence electrons. The molecule has 0 aliphatic rings. The lowest BCUT2D eigenvalue weighted by Crippen LogP contribution is -2.21. The Morgan fingerprint density at radius 3 is 3.11 bits per heavy atom. The predicted octanol–water partition coefficient (Wildman–Crippen LogP) is 3.26. The molecule has 6 heteroatoms. The molecule has 1 aromatic heterocycles. The van der Waals surface area contributed by atoms with Gasteiger partial charge in [-0.05, 0) is 31.5 Å². The Bertz CT molecular complexity index is 584. The summed E-state index contributed by atoms with van der Waals surface area (Å²) in [6.45, 7) is 2.49. The maximum absolute atomic E-state index is 12.1. The molecule has 0 aliphatic carbocycles. The van der Waals surface area contributed by atoms with Gasteiger partial charge in [-0.2, -0.15) is 0 Å². The maximum Gasteiger partial charge on any atom is 0.227 e. The fraction of sp³-hybridized carbons (Fsp3) is 0.385. The average molecular weight is 298 g/mol. The highest BCUT2D eigenvalue weighted by Gasteiger charge is 2.16. The van der Waals surface area contributed by atoms with Gasteiger partial charge in [0.1, 0.15) is 5.52 Å². The highest BCUT2D eigenvalue weighted by atomic mass is 35.5. The first kappa shape index (κ1) is 14.2. The summed E-state index contributed by atoms with van der Waals surface area (Å²) in [6, 6.07) is 3.69. The molecule has 19 heavy (non-hydrogen) atoms. The Kier molecular flexibility index (Phi) is 4.74. The van der Waals surface area contributed by atoms with Crippen molar-refractivity contribution in [2.45, 2.75) is 19.8 Å². The molecule has 2 rings (SSSR count). The summed E-state index contributed by atoms with van der Waals surface area (Å²) in [6.07, 6.45) is 1.61. The topological polar surface area (TPSA) is 68.0 Å². The van der Waals surface area contributed by atoms with Crippen LogP contribution in [0.3, 0.4) is 0 Å². The Morgan fingerprint density at radius 1 is 1.58 bits per heavy atom. The van der Waals surface area contributed by atoms with E-state index >= 15 is 0 Å². The molecule has 1 unspecified atom stereocenters. The van der Waals surface area contributed by atoms with Crippen molar-refractivity contribution >= 4 is 44.7 Å². The van der Waals surface area contributed by atoms with Gasteiger partial charge in [-0.3, -0.25) is 4.79 Å². The number of hydrogen-bond acceptors (Lipinski definition) is 4. The molecule has 3 N–H and O–H groups in total. The number of thiazole rings is 1. The van der Waals surface area contributed by atoms with Gasteiger partial charge in [0, 0.05) is 5.92 Å². The molecule has 4 nitrogen and oxygen atoms in total. The van der Waals surface area contributed by atoms with Gasteiger partial charge >= 0.3 is 0 Å². The minimum atomic E-state index is -0.0893. The average Bonchev–Trinajstić information content (AvgIpc) is 2.87. The number of halogens is 1. The number of fused-ring (bicyclic) bond motifs is 1. The van der Waals surface area contributed by atoms with E-state index in [0.29, 0.717) is 17.3 Å². The molecule has 0 bridgehead atoms. The van der Waals surface area contributed by atoms with Gasteiger partial charge in [0.05, 0.1) is 20.9 Å². The molecule has 1 amide bonds. The molecule has 1 aromatic carbocycles. The van der Waals surface area contributed by atoms with E-state index in [1.165, 1.54) is 11.3 Å². The Balaban J connectivity index is 2.18. The van der Waals surface area contributed by atoms with Crippen molar-refractivity contribution in [3.8, 4) is 0 Å². The van der Waals surface area contributed by atoms with Crippen LogP contribution in [0.25, 0.3) is 10.2 Å². The fourth-order valence-corrected chi connectivity index (χ4v) is 2.71. The summed E-state index contributed by atoms with van der Waals surface area (Å²) in [5.74, 6) is -0.135. The van der Waals surface area contributed by atoms with E-state index in [-0.39, 0.29) is 11.8 Å². The van der Waals surface area contributed by atoms with E-state index in [9.17, 15) is 4.79 Å². The standard InChI is InChI=1S/C13H16ClN3OS/c1-8(3-2-6-15)13(18)17-11-9(14)4-5-10-12(11)16-7-19-10/h4-5,7-8H,2-3,6,15H2,1H3,(H,17,18). The van der Waals surface area contributed by atoms with Gasteiger partial charge in [0.2, 0.25) is 5.91 Å². The van der Waals surface area contributed by atoms with Gasteiger partial charge in [-0.15, -0.1) is 11.3 Å². The number of nitrogens with two attached hydrogens (primary N) is 1. The number of aromatic nitrogens is 1. The fourth-order valence-electron chi connectivity index (χ4n) is 1.83. The summed E-state index contributed by atoms with van der Waals surface area (Å²) >= 11 is 7.67. The number of carbonyl (C=O) groups excluding carboxylic acids is 1. The Morgan fingerprint density at radius 2 is 2.37 bits per heavy atom. The number of amides is 1. The van der Waals surface area contributed by atoms with Crippen molar-refractivity contribution in [1.29, 1.82) is 0 Å². The van der Waals surface area contributed by atoms with Crippen LogP contribution >= 0.6 is 22.9 Å². The summed E-state index contributed by atoms with van der Waals surface area (Å²) in [5.41, 5.74) is 8.55. The van der Waals surface area contributed by atoms with Crippen molar-refractivity contribution < 1.29 is 4.79 Å². The molecule has 0 fully saturated rings. The minimum absolute atomic E-state index is 0.0455. The highest BCUT2D eigenvalue weighted by molar-refractivity contribution is 7.16. The third-order valence-corrected chi connectivity index (χ3v) is 4.10. The molecular weight excluding hydrogens is 282 g/mol. The first-order chi connectivity index (χ1) is 9.13. The first-order valence-electron chi connectivity index (χ1n) is 6.16. The summed E-state index contributed by atoms with van der Waals surface area (Å²) in [7, 11) is 0. The minimum Gasteiger partial charge on any atom is -0.330 e. The third kappa shape index (κ3) is 3.23. The summed E-state index contributed by atoms with van der Waals surface area (Å²) in [5, 5.41) is 3.39. The Hall–Kier alpha value is -1.17. The first-order valence-corrected chi connectivity index (χ1v) is 7.42. The number of rotatable bonds is 5. The van der Waals surface area contributed by atoms with Crippen molar-refractivity contribution in [2.75, 3.05) is 11.9 Å². The van der Waals surface area contributed by atoms with E-state index < -0.39 is 0 Å². The zero-order valence-electron chi connectivity index (χ0n) is 10.6. The normalized spacial score (nSPS) is 12.6. The van der Waals surface area contributed by atoms with E-state index in [0.717, 1.165) is 23.1 Å². The van der Waals surface area contributed by atoms with E-state index in [1.807, 2.05) is 13.0 Å². The van der Waals surface area contributed by atoms with Crippen LogP contribution in [0, 0.1) is 5.92 Å². The second-order valence-electron chi connectivity index (χ2n) is 4.44.